The molecular formula is C14H27Br2I. The smallest absolute Gasteiger partial charge is 0.0163 e. The van der Waals surface area contributed by atoms with Crippen molar-refractivity contribution in [2.75, 3.05) is 5.33 Å². The van der Waals surface area contributed by atoms with Crippen molar-refractivity contribution >= 4 is 54.5 Å². The topological polar surface area (TPSA) is 0 Å². The molecular weight excluding hydrogens is 455 g/mol. The summed E-state index contributed by atoms with van der Waals surface area (Å²) in [5.74, 6) is 0. The van der Waals surface area contributed by atoms with Gasteiger partial charge >= 0.3 is 0 Å². The molecule has 0 aromatic heterocycles. The fraction of sp³-hybridized carbons (Fsp3) is 1.00. The van der Waals surface area contributed by atoms with E-state index in [2.05, 4.69) is 61.4 Å². The second kappa shape index (κ2) is 14.1. The minimum absolute atomic E-state index is 0.702. The average molecular weight is 482 g/mol. The zero-order valence-corrected chi connectivity index (χ0v) is 16.4. The molecule has 0 aliphatic heterocycles. The fourth-order valence-electron chi connectivity index (χ4n) is 1.95. The van der Waals surface area contributed by atoms with E-state index >= 15 is 0 Å². The van der Waals surface area contributed by atoms with Crippen molar-refractivity contribution in [1.82, 2.24) is 0 Å². The Bertz CT molecular complexity index is 153. The van der Waals surface area contributed by atoms with Crippen LogP contribution < -0.4 is 0 Å². The number of hydrogen-bond acceptors (Lipinski definition) is 0. The zero-order chi connectivity index (χ0) is 12.9. The van der Waals surface area contributed by atoms with Gasteiger partial charge in [0.05, 0.1) is 0 Å². The molecule has 0 saturated heterocycles. The maximum absolute atomic E-state index is 3.75. The molecule has 0 saturated carbocycles. The summed E-state index contributed by atoms with van der Waals surface area (Å²) in [5.41, 5.74) is 0. The Morgan fingerprint density at radius 3 is 2.12 bits per heavy atom. The molecule has 0 fully saturated rings. The van der Waals surface area contributed by atoms with E-state index in [-0.39, 0.29) is 0 Å². The average Bonchev–Trinajstić information content (AvgIpc) is 2.28. The third kappa shape index (κ3) is 13.9. The summed E-state index contributed by atoms with van der Waals surface area (Å²) in [6.07, 6.45) is 14.0. The summed E-state index contributed by atoms with van der Waals surface area (Å²) < 4.78 is 0.853. The Balaban J connectivity index is 3.24. The second-order valence-electron chi connectivity index (χ2n) is 4.82. The van der Waals surface area contributed by atoms with Gasteiger partial charge in [-0.1, -0.05) is 106 Å². The van der Waals surface area contributed by atoms with Crippen LogP contribution in [0.3, 0.4) is 0 Å². The van der Waals surface area contributed by atoms with E-state index in [1.54, 1.807) is 0 Å². The van der Waals surface area contributed by atoms with Gasteiger partial charge in [0.2, 0.25) is 0 Å². The van der Waals surface area contributed by atoms with Crippen LogP contribution in [0.4, 0.5) is 0 Å². The van der Waals surface area contributed by atoms with Crippen molar-refractivity contribution in [3.63, 3.8) is 0 Å². The van der Waals surface area contributed by atoms with Crippen LogP contribution in [-0.4, -0.2) is 14.1 Å². The number of alkyl halides is 3. The van der Waals surface area contributed by atoms with Crippen LogP contribution in [0.2, 0.25) is 0 Å². The lowest BCUT2D eigenvalue weighted by atomic mass is 10.1. The van der Waals surface area contributed by atoms with Gasteiger partial charge < -0.3 is 0 Å². The van der Waals surface area contributed by atoms with Gasteiger partial charge in [-0.25, -0.2) is 0 Å². The largest absolute Gasteiger partial charge is 0.0928 e. The molecule has 2 unspecified atom stereocenters. The summed E-state index contributed by atoms with van der Waals surface area (Å²) >= 11 is 9.88. The summed E-state index contributed by atoms with van der Waals surface area (Å²) in [5, 5.41) is 1.11. The lowest BCUT2D eigenvalue weighted by Gasteiger charge is -2.13. The molecule has 0 N–H and O–H groups in total. The SMILES string of the molecule is CCCCCCCCCC(I)CC(Br)CCBr. The van der Waals surface area contributed by atoms with Crippen LogP contribution in [0.5, 0.6) is 0 Å². The van der Waals surface area contributed by atoms with E-state index in [1.165, 1.54) is 64.2 Å². The van der Waals surface area contributed by atoms with E-state index in [9.17, 15) is 0 Å². The molecule has 0 aromatic rings. The van der Waals surface area contributed by atoms with Gasteiger partial charge in [0.1, 0.15) is 0 Å². The highest BCUT2D eigenvalue weighted by Gasteiger charge is 2.10. The van der Waals surface area contributed by atoms with Crippen molar-refractivity contribution in [2.45, 2.75) is 79.9 Å². The second-order valence-corrected chi connectivity index (χ2v) is 8.67. The lowest BCUT2D eigenvalue weighted by molar-refractivity contribution is 0.564. The maximum Gasteiger partial charge on any atom is 0.0163 e. The Labute approximate surface area is 138 Å². The predicted octanol–water partition coefficient (Wildman–Crippen LogP) is 6.87. The van der Waals surface area contributed by atoms with Gasteiger partial charge in [-0.15, -0.1) is 0 Å². The number of unbranched alkanes of at least 4 members (excludes halogenated alkanes) is 6. The number of rotatable bonds is 12. The quantitative estimate of drug-likeness (QED) is 0.162. The Hall–Kier alpha value is 1.69. The minimum atomic E-state index is 0.702. The summed E-state index contributed by atoms with van der Waals surface area (Å²) in [4.78, 5) is 0.702. The highest BCUT2D eigenvalue weighted by Crippen LogP contribution is 2.23. The number of halogens is 3. The molecule has 2 atom stereocenters. The van der Waals surface area contributed by atoms with Crippen molar-refractivity contribution < 1.29 is 0 Å². The van der Waals surface area contributed by atoms with Gasteiger partial charge in [-0.05, 0) is 19.3 Å². The van der Waals surface area contributed by atoms with Crippen LogP contribution in [0.1, 0.15) is 71.1 Å². The molecule has 0 rings (SSSR count). The first kappa shape index (κ1) is 18.7. The first-order valence-electron chi connectivity index (χ1n) is 7.04. The highest BCUT2D eigenvalue weighted by atomic mass is 127. The van der Waals surface area contributed by atoms with Crippen LogP contribution >= 0.6 is 54.5 Å². The number of hydrogen-bond donors (Lipinski definition) is 0. The standard InChI is InChI=1S/C14H27Br2I/c1-2-3-4-5-6-7-8-9-14(17)12-13(16)10-11-15/h13-14H,2-12H2,1H3. The molecule has 0 bridgehead atoms. The molecule has 0 spiro atoms. The highest BCUT2D eigenvalue weighted by molar-refractivity contribution is 14.1. The lowest BCUT2D eigenvalue weighted by Crippen LogP contribution is -2.08. The first-order chi connectivity index (χ1) is 8.20. The van der Waals surface area contributed by atoms with Gasteiger partial charge in [-0.3, -0.25) is 0 Å². The zero-order valence-electron chi connectivity index (χ0n) is 11.1. The molecule has 0 aliphatic carbocycles. The molecule has 0 heterocycles. The van der Waals surface area contributed by atoms with E-state index in [1.807, 2.05) is 0 Å². The van der Waals surface area contributed by atoms with Gasteiger partial charge in [-0.2, -0.15) is 0 Å². The maximum atomic E-state index is 3.75. The molecule has 0 nitrogen and oxygen atoms in total. The molecule has 104 valence electrons. The van der Waals surface area contributed by atoms with Gasteiger partial charge in [0, 0.05) is 14.1 Å². The minimum Gasteiger partial charge on any atom is -0.0928 e. The Kier molecular flexibility index (Phi) is 15.5. The van der Waals surface area contributed by atoms with Crippen LogP contribution in [-0.2, 0) is 0 Å². The molecule has 0 amide bonds. The van der Waals surface area contributed by atoms with E-state index < -0.39 is 0 Å². The summed E-state index contributed by atoms with van der Waals surface area (Å²) in [7, 11) is 0. The molecule has 0 aromatic carbocycles. The monoisotopic (exact) mass is 480 g/mol. The van der Waals surface area contributed by atoms with Gasteiger partial charge in [0.25, 0.3) is 0 Å². The van der Waals surface area contributed by atoms with Crippen molar-refractivity contribution in [1.29, 1.82) is 0 Å². The molecule has 0 radical (unpaired) electrons. The van der Waals surface area contributed by atoms with Gasteiger partial charge in [0.15, 0.2) is 0 Å². The third-order valence-electron chi connectivity index (χ3n) is 3.05. The van der Waals surface area contributed by atoms with Crippen LogP contribution in [0.25, 0.3) is 0 Å². The van der Waals surface area contributed by atoms with E-state index in [4.69, 9.17) is 0 Å². The van der Waals surface area contributed by atoms with Crippen molar-refractivity contribution in [2.24, 2.45) is 0 Å². The summed E-state index contributed by atoms with van der Waals surface area (Å²) in [6, 6.07) is 0. The molecule has 17 heavy (non-hydrogen) atoms. The third-order valence-corrected chi connectivity index (χ3v) is 5.48. The van der Waals surface area contributed by atoms with Crippen LogP contribution in [0.15, 0.2) is 0 Å². The Morgan fingerprint density at radius 1 is 0.941 bits per heavy atom. The normalized spacial score (nSPS) is 14.8. The molecule has 0 aliphatic rings. The van der Waals surface area contributed by atoms with Crippen molar-refractivity contribution in [3.8, 4) is 0 Å². The van der Waals surface area contributed by atoms with E-state index in [0.29, 0.717) is 4.83 Å². The van der Waals surface area contributed by atoms with E-state index in [0.717, 1.165) is 9.25 Å². The predicted molar refractivity (Wildman–Crippen MR) is 96.2 cm³/mol. The molecule has 3 heteroatoms. The summed E-state index contributed by atoms with van der Waals surface area (Å²) in [6.45, 7) is 2.28. The van der Waals surface area contributed by atoms with Crippen LogP contribution in [0, 0.1) is 0 Å². The van der Waals surface area contributed by atoms with Crippen molar-refractivity contribution in [3.05, 3.63) is 0 Å². The Morgan fingerprint density at radius 2 is 1.53 bits per heavy atom. The first-order valence-corrected chi connectivity index (χ1v) is 10.3. The fourth-order valence-corrected chi connectivity index (χ4v) is 5.55.